The zero-order valence-electron chi connectivity index (χ0n) is 10.5. The number of anilines is 1. The second-order valence-corrected chi connectivity index (χ2v) is 6.46. The van der Waals surface area contributed by atoms with E-state index in [0.717, 1.165) is 6.07 Å². The third kappa shape index (κ3) is 3.02. The summed E-state index contributed by atoms with van der Waals surface area (Å²) in [5.41, 5.74) is -0.279. The molecule has 6 nitrogen and oxygen atoms in total. The molecule has 0 radical (unpaired) electrons. The number of benzene rings is 1. The van der Waals surface area contributed by atoms with E-state index in [9.17, 15) is 26.8 Å². The molecule has 0 aromatic heterocycles. The van der Waals surface area contributed by atoms with Crippen LogP contribution in [0.4, 0.5) is 14.5 Å². The maximum Gasteiger partial charge on any atom is 0.341 e. The van der Waals surface area contributed by atoms with E-state index in [1.807, 2.05) is 0 Å². The zero-order chi connectivity index (χ0) is 15.8. The van der Waals surface area contributed by atoms with Gasteiger partial charge in [-0.05, 0) is 18.6 Å². The molecular formula is C12H11F2NO5S. The standard InChI is InChI=1S/C12H11F2NO5S/c13-12(14)21(19,20)9-4-2-1-3-8(9)15-10(16)6-5-7(6)11(17)18/h1-4,6-7,12H,5H2,(H,15,16)(H,17,18). The quantitative estimate of drug-likeness (QED) is 0.853. The van der Waals surface area contributed by atoms with Crippen LogP contribution in [-0.2, 0) is 19.4 Å². The predicted octanol–water partition coefficient (Wildman–Crippen LogP) is 1.34. The molecule has 0 saturated heterocycles. The van der Waals surface area contributed by atoms with E-state index in [2.05, 4.69) is 5.32 Å². The molecule has 1 amide bonds. The Morgan fingerprint density at radius 1 is 1.24 bits per heavy atom. The van der Waals surface area contributed by atoms with Gasteiger partial charge in [-0.2, -0.15) is 8.78 Å². The number of alkyl halides is 2. The number of aliphatic carboxylic acids is 1. The molecule has 0 bridgehead atoms. The van der Waals surface area contributed by atoms with E-state index in [-0.39, 0.29) is 12.1 Å². The minimum absolute atomic E-state index is 0.144. The fourth-order valence-corrected chi connectivity index (χ4v) is 2.78. The van der Waals surface area contributed by atoms with Crippen molar-refractivity contribution in [2.45, 2.75) is 17.1 Å². The number of amides is 1. The van der Waals surface area contributed by atoms with Crippen molar-refractivity contribution in [2.75, 3.05) is 5.32 Å². The number of carbonyl (C=O) groups is 2. The van der Waals surface area contributed by atoms with Crippen molar-refractivity contribution in [3.8, 4) is 0 Å². The molecule has 21 heavy (non-hydrogen) atoms. The van der Waals surface area contributed by atoms with Crippen LogP contribution in [0.15, 0.2) is 29.2 Å². The summed E-state index contributed by atoms with van der Waals surface area (Å²) < 4.78 is 48.1. The van der Waals surface area contributed by atoms with E-state index in [4.69, 9.17) is 5.11 Å². The summed E-state index contributed by atoms with van der Waals surface area (Å²) >= 11 is 0. The number of rotatable bonds is 5. The lowest BCUT2D eigenvalue weighted by Crippen LogP contribution is -2.20. The molecule has 2 N–H and O–H groups in total. The lowest BCUT2D eigenvalue weighted by Gasteiger charge is -2.11. The molecule has 114 valence electrons. The first-order valence-corrected chi connectivity index (χ1v) is 7.44. The molecule has 1 aliphatic rings. The van der Waals surface area contributed by atoms with Crippen molar-refractivity contribution in [2.24, 2.45) is 11.8 Å². The van der Waals surface area contributed by atoms with Gasteiger partial charge in [-0.1, -0.05) is 12.1 Å². The van der Waals surface area contributed by atoms with Gasteiger partial charge >= 0.3 is 11.7 Å². The average Bonchev–Trinajstić information content (AvgIpc) is 3.19. The summed E-state index contributed by atoms with van der Waals surface area (Å²) in [6.45, 7) is 0. The zero-order valence-corrected chi connectivity index (χ0v) is 11.3. The molecule has 0 aliphatic heterocycles. The Morgan fingerprint density at radius 3 is 2.38 bits per heavy atom. The molecule has 2 atom stereocenters. The fourth-order valence-electron chi connectivity index (χ4n) is 1.90. The molecule has 0 spiro atoms. The van der Waals surface area contributed by atoms with Gasteiger partial charge in [0.1, 0.15) is 0 Å². The van der Waals surface area contributed by atoms with Crippen LogP contribution in [0.1, 0.15) is 6.42 Å². The summed E-state index contributed by atoms with van der Waals surface area (Å²) in [6.07, 6.45) is 0.144. The summed E-state index contributed by atoms with van der Waals surface area (Å²) in [5, 5.41) is 10.9. The van der Waals surface area contributed by atoms with E-state index < -0.39 is 44.2 Å². The van der Waals surface area contributed by atoms with Crippen molar-refractivity contribution in [1.82, 2.24) is 0 Å². The highest BCUT2D eigenvalue weighted by atomic mass is 32.2. The first-order chi connectivity index (χ1) is 9.75. The summed E-state index contributed by atoms with van der Waals surface area (Å²) in [4.78, 5) is 21.8. The average molecular weight is 319 g/mol. The number of carbonyl (C=O) groups excluding carboxylic acids is 1. The summed E-state index contributed by atoms with van der Waals surface area (Å²) in [7, 11) is -4.85. The van der Waals surface area contributed by atoms with E-state index >= 15 is 0 Å². The van der Waals surface area contributed by atoms with E-state index in [1.54, 1.807) is 0 Å². The number of hydrogen-bond donors (Lipinski definition) is 2. The molecule has 0 heterocycles. The van der Waals surface area contributed by atoms with Crippen LogP contribution in [0.2, 0.25) is 0 Å². The van der Waals surface area contributed by atoms with Crippen molar-refractivity contribution in [3.63, 3.8) is 0 Å². The lowest BCUT2D eigenvalue weighted by molar-refractivity contribution is -0.139. The van der Waals surface area contributed by atoms with Crippen LogP contribution in [0.5, 0.6) is 0 Å². The molecule has 9 heteroatoms. The third-order valence-corrected chi connectivity index (χ3v) is 4.57. The van der Waals surface area contributed by atoms with Crippen molar-refractivity contribution >= 4 is 27.4 Å². The van der Waals surface area contributed by atoms with E-state index in [0.29, 0.717) is 0 Å². The van der Waals surface area contributed by atoms with Crippen LogP contribution < -0.4 is 5.32 Å². The molecule has 1 aromatic rings. The van der Waals surface area contributed by atoms with Gasteiger partial charge in [0.2, 0.25) is 15.7 Å². The van der Waals surface area contributed by atoms with Gasteiger partial charge < -0.3 is 10.4 Å². The molecular weight excluding hydrogens is 308 g/mol. The first kappa shape index (κ1) is 15.4. The van der Waals surface area contributed by atoms with Gasteiger partial charge in [0.25, 0.3) is 0 Å². The molecule has 2 rings (SSSR count). The Kier molecular flexibility index (Phi) is 3.95. The van der Waals surface area contributed by atoms with E-state index in [1.165, 1.54) is 18.2 Å². The van der Waals surface area contributed by atoms with Crippen molar-refractivity contribution < 1.29 is 31.9 Å². The SMILES string of the molecule is O=C(O)C1CC1C(=O)Nc1ccccc1S(=O)(=O)C(F)F. The molecule has 1 fully saturated rings. The Labute approximate surface area is 118 Å². The normalized spacial score (nSPS) is 21.1. The highest BCUT2D eigenvalue weighted by Crippen LogP contribution is 2.40. The number of sulfone groups is 1. The first-order valence-electron chi connectivity index (χ1n) is 5.90. The van der Waals surface area contributed by atoms with Gasteiger partial charge in [0.15, 0.2) is 0 Å². The van der Waals surface area contributed by atoms with Crippen LogP contribution in [0, 0.1) is 11.8 Å². The smallest absolute Gasteiger partial charge is 0.341 e. The largest absolute Gasteiger partial charge is 0.481 e. The monoisotopic (exact) mass is 319 g/mol. The Balaban J connectivity index is 2.23. The second-order valence-electron chi connectivity index (χ2n) is 4.58. The van der Waals surface area contributed by atoms with Gasteiger partial charge in [0.05, 0.1) is 22.4 Å². The number of carboxylic acids is 1. The lowest BCUT2D eigenvalue weighted by atomic mass is 10.2. The topological polar surface area (TPSA) is 101 Å². The number of carboxylic acid groups (broad SMARTS) is 1. The predicted molar refractivity (Wildman–Crippen MR) is 67.5 cm³/mol. The van der Waals surface area contributed by atoms with Crippen LogP contribution in [0.3, 0.4) is 0 Å². The minimum atomic E-state index is -4.85. The van der Waals surface area contributed by atoms with Gasteiger partial charge in [-0.3, -0.25) is 9.59 Å². The molecule has 2 unspecified atom stereocenters. The fraction of sp³-hybridized carbons (Fsp3) is 0.333. The number of nitrogens with one attached hydrogen (secondary N) is 1. The van der Waals surface area contributed by atoms with Crippen molar-refractivity contribution in [3.05, 3.63) is 24.3 Å². The second kappa shape index (κ2) is 5.40. The Morgan fingerprint density at radius 2 is 1.86 bits per heavy atom. The maximum absolute atomic E-state index is 12.6. The minimum Gasteiger partial charge on any atom is -0.481 e. The van der Waals surface area contributed by atoms with Gasteiger partial charge in [0, 0.05) is 0 Å². The Bertz CT molecular complexity index is 689. The molecule has 1 saturated carbocycles. The van der Waals surface area contributed by atoms with Crippen LogP contribution in [0.25, 0.3) is 0 Å². The van der Waals surface area contributed by atoms with Gasteiger partial charge in [-0.15, -0.1) is 0 Å². The number of hydrogen-bond acceptors (Lipinski definition) is 4. The Hall–Kier alpha value is -2.03. The van der Waals surface area contributed by atoms with Gasteiger partial charge in [-0.25, -0.2) is 8.42 Å². The molecule has 1 aliphatic carbocycles. The summed E-state index contributed by atoms with van der Waals surface area (Å²) in [5.74, 6) is -7.01. The number of halogens is 2. The van der Waals surface area contributed by atoms with Crippen LogP contribution >= 0.6 is 0 Å². The highest BCUT2D eigenvalue weighted by molar-refractivity contribution is 7.91. The number of para-hydroxylation sites is 1. The third-order valence-electron chi connectivity index (χ3n) is 3.13. The van der Waals surface area contributed by atoms with Crippen LogP contribution in [-0.4, -0.2) is 31.2 Å². The maximum atomic E-state index is 12.6. The highest BCUT2D eigenvalue weighted by Gasteiger charge is 2.48. The van der Waals surface area contributed by atoms with Crippen molar-refractivity contribution in [1.29, 1.82) is 0 Å². The summed E-state index contributed by atoms with van der Waals surface area (Å²) in [6, 6.07) is 4.76. The molecule has 1 aromatic carbocycles.